The van der Waals surface area contributed by atoms with Crippen LogP contribution in [0.15, 0.2) is 57.5 Å². The Labute approximate surface area is 227 Å². The van der Waals surface area contributed by atoms with Crippen LogP contribution in [0.2, 0.25) is 0 Å². The van der Waals surface area contributed by atoms with Crippen molar-refractivity contribution >= 4 is 45.4 Å². The van der Waals surface area contributed by atoms with E-state index in [-0.39, 0.29) is 23.0 Å². The summed E-state index contributed by atoms with van der Waals surface area (Å²) in [5.74, 6) is 0.527. The van der Waals surface area contributed by atoms with E-state index in [0.717, 1.165) is 43.0 Å². The lowest BCUT2D eigenvalue weighted by Gasteiger charge is -2.14. The number of para-hydroxylation sites is 1. The van der Waals surface area contributed by atoms with Gasteiger partial charge in [0.1, 0.15) is 10.6 Å². The number of methoxy groups -OCH3 is 2. The fraction of sp³-hybridized carbons (Fsp3) is 0.259. The second kappa shape index (κ2) is 11.3. The Hall–Kier alpha value is -3.83. The summed E-state index contributed by atoms with van der Waals surface area (Å²) in [5.41, 5.74) is 4.49. The zero-order chi connectivity index (χ0) is 26.6. The van der Waals surface area contributed by atoms with Gasteiger partial charge in [0.25, 0.3) is 11.5 Å². The van der Waals surface area contributed by atoms with Crippen LogP contribution < -0.4 is 20.5 Å². The highest BCUT2D eigenvalue weighted by atomic mass is 32.2. The monoisotopic (exact) mass is 550 g/mol. The number of ether oxygens (including phenoxy) is 2. The molecule has 2 heterocycles. The molecule has 1 aliphatic carbocycles. The molecular weight excluding hydrogens is 524 g/mol. The second-order valence-electron chi connectivity index (χ2n) is 8.60. The van der Waals surface area contributed by atoms with Crippen molar-refractivity contribution < 1.29 is 19.4 Å². The van der Waals surface area contributed by atoms with Crippen LogP contribution in [0.4, 0.5) is 0 Å². The minimum Gasteiger partial charge on any atom is -0.504 e. The number of benzene rings is 2. The van der Waals surface area contributed by atoms with Gasteiger partial charge < -0.3 is 14.6 Å². The third kappa shape index (κ3) is 5.11. The number of amides is 1. The molecule has 0 fully saturated rings. The molecule has 0 unspecified atom stereocenters. The SMILES string of the molecule is COc1ccc(-n2c(SCC(=O)N/N=C/c3cccc(OC)c3O)nc3sc4c(c3c2=O)CCCC4)cc1. The van der Waals surface area contributed by atoms with E-state index in [1.165, 1.54) is 18.2 Å². The largest absolute Gasteiger partial charge is 0.504 e. The first-order chi connectivity index (χ1) is 18.5. The van der Waals surface area contributed by atoms with Crippen molar-refractivity contribution in [3.63, 3.8) is 0 Å². The van der Waals surface area contributed by atoms with Gasteiger partial charge in [-0.25, -0.2) is 10.4 Å². The molecule has 2 aromatic carbocycles. The summed E-state index contributed by atoms with van der Waals surface area (Å²) in [7, 11) is 3.04. The van der Waals surface area contributed by atoms with Crippen LogP contribution in [0.25, 0.3) is 15.9 Å². The number of hydrazone groups is 1. The Balaban J connectivity index is 1.41. The van der Waals surface area contributed by atoms with E-state index in [4.69, 9.17) is 14.5 Å². The van der Waals surface area contributed by atoms with Crippen molar-refractivity contribution in [3.8, 4) is 22.9 Å². The van der Waals surface area contributed by atoms with E-state index in [0.29, 0.717) is 38.1 Å². The maximum atomic E-state index is 13.8. The molecule has 1 amide bonds. The average Bonchev–Trinajstić information content (AvgIpc) is 3.32. The van der Waals surface area contributed by atoms with Crippen LogP contribution in [0, 0.1) is 0 Å². The van der Waals surface area contributed by atoms with E-state index in [2.05, 4.69) is 10.5 Å². The topological polar surface area (TPSA) is 115 Å². The number of fused-ring (bicyclic) bond motifs is 3. The van der Waals surface area contributed by atoms with Crippen LogP contribution in [-0.4, -0.2) is 46.8 Å². The first kappa shape index (κ1) is 25.8. The number of carbonyl (C=O) groups excluding carboxylic acids is 1. The number of thiophene rings is 1. The lowest BCUT2D eigenvalue weighted by atomic mass is 9.97. The van der Waals surface area contributed by atoms with Crippen LogP contribution in [0.1, 0.15) is 28.8 Å². The predicted octanol–water partition coefficient (Wildman–Crippen LogP) is 4.29. The fourth-order valence-corrected chi connectivity index (χ4v) is 6.49. The Morgan fingerprint density at radius 3 is 2.74 bits per heavy atom. The van der Waals surface area contributed by atoms with Crippen LogP contribution in [-0.2, 0) is 17.6 Å². The third-order valence-electron chi connectivity index (χ3n) is 6.26. The second-order valence-corrected chi connectivity index (χ2v) is 10.6. The predicted molar refractivity (Wildman–Crippen MR) is 150 cm³/mol. The van der Waals surface area contributed by atoms with Gasteiger partial charge in [0.05, 0.1) is 37.3 Å². The number of aryl methyl sites for hydroxylation is 2. The molecule has 11 heteroatoms. The highest BCUT2D eigenvalue weighted by Crippen LogP contribution is 2.35. The van der Waals surface area contributed by atoms with Crippen molar-refractivity contribution in [2.45, 2.75) is 30.8 Å². The van der Waals surface area contributed by atoms with Gasteiger partial charge in [-0.3, -0.25) is 14.2 Å². The van der Waals surface area contributed by atoms with Crippen molar-refractivity contribution in [1.29, 1.82) is 0 Å². The number of rotatable bonds is 8. The number of hydrogen-bond donors (Lipinski definition) is 2. The molecule has 0 spiro atoms. The van der Waals surface area contributed by atoms with Crippen LogP contribution >= 0.6 is 23.1 Å². The molecule has 196 valence electrons. The number of nitrogens with one attached hydrogen (secondary N) is 1. The van der Waals surface area contributed by atoms with Gasteiger partial charge in [0.15, 0.2) is 16.7 Å². The molecular formula is C27H26N4O5S2. The lowest BCUT2D eigenvalue weighted by molar-refractivity contribution is -0.118. The van der Waals surface area contributed by atoms with E-state index in [1.807, 2.05) is 12.1 Å². The van der Waals surface area contributed by atoms with Gasteiger partial charge in [0, 0.05) is 10.4 Å². The third-order valence-corrected chi connectivity index (χ3v) is 8.39. The Morgan fingerprint density at radius 2 is 1.97 bits per heavy atom. The van der Waals surface area contributed by atoms with Crippen molar-refractivity contribution in [2.24, 2.45) is 5.10 Å². The highest BCUT2D eigenvalue weighted by molar-refractivity contribution is 7.99. The number of thioether (sulfide) groups is 1. The summed E-state index contributed by atoms with van der Waals surface area (Å²) in [4.78, 5) is 33.2. The van der Waals surface area contributed by atoms with Gasteiger partial charge in [-0.15, -0.1) is 11.3 Å². The standard InChI is InChI=1S/C27H26N4O5S2/c1-35-18-12-10-17(11-13-18)31-26(34)23-19-7-3-4-9-21(19)38-25(23)29-27(31)37-15-22(32)30-28-14-16-6-5-8-20(36-2)24(16)33/h5-6,8,10-14,33H,3-4,7,9,15H2,1-2H3,(H,30,32)/b28-14+. The van der Waals surface area contributed by atoms with Crippen LogP contribution in [0.5, 0.6) is 17.2 Å². The summed E-state index contributed by atoms with van der Waals surface area (Å²) >= 11 is 2.73. The van der Waals surface area contributed by atoms with Crippen LogP contribution in [0.3, 0.4) is 0 Å². The van der Waals surface area contributed by atoms with Gasteiger partial charge in [-0.1, -0.05) is 17.8 Å². The molecule has 0 radical (unpaired) electrons. The molecule has 4 aromatic rings. The number of aromatic hydroxyl groups is 1. The van der Waals surface area contributed by atoms with Gasteiger partial charge in [-0.2, -0.15) is 5.10 Å². The maximum Gasteiger partial charge on any atom is 0.267 e. The molecule has 5 rings (SSSR count). The number of phenolic OH excluding ortho intramolecular Hbond substituents is 1. The van der Waals surface area contributed by atoms with Gasteiger partial charge >= 0.3 is 0 Å². The number of nitrogens with zero attached hydrogens (tertiary/aromatic N) is 3. The first-order valence-corrected chi connectivity index (χ1v) is 13.8. The Kier molecular flexibility index (Phi) is 7.66. The number of aromatic nitrogens is 2. The molecule has 0 aliphatic heterocycles. The maximum absolute atomic E-state index is 13.8. The summed E-state index contributed by atoms with van der Waals surface area (Å²) < 4.78 is 11.9. The summed E-state index contributed by atoms with van der Waals surface area (Å²) in [6.07, 6.45) is 5.36. The quantitative estimate of drug-likeness (QED) is 0.146. The van der Waals surface area contributed by atoms with Crippen molar-refractivity contribution in [2.75, 3.05) is 20.0 Å². The molecule has 0 saturated heterocycles. The Bertz CT molecular complexity index is 1580. The van der Waals surface area contributed by atoms with E-state index >= 15 is 0 Å². The van der Waals surface area contributed by atoms with Crippen molar-refractivity contribution in [1.82, 2.24) is 15.0 Å². The van der Waals surface area contributed by atoms with Gasteiger partial charge in [-0.05, 0) is 67.6 Å². The highest BCUT2D eigenvalue weighted by Gasteiger charge is 2.23. The van der Waals surface area contributed by atoms with Gasteiger partial charge in [0.2, 0.25) is 0 Å². The summed E-state index contributed by atoms with van der Waals surface area (Å²) in [5, 5.41) is 15.2. The molecule has 0 bridgehead atoms. The van der Waals surface area contributed by atoms with E-state index in [1.54, 1.807) is 53.3 Å². The lowest BCUT2D eigenvalue weighted by Crippen LogP contribution is -2.24. The number of phenols is 1. The molecule has 2 aromatic heterocycles. The average molecular weight is 551 g/mol. The summed E-state index contributed by atoms with van der Waals surface area (Å²) in [6, 6.07) is 12.2. The fourth-order valence-electron chi connectivity index (χ4n) is 4.39. The molecule has 38 heavy (non-hydrogen) atoms. The zero-order valence-electron chi connectivity index (χ0n) is 20.9. The number of carbonyl (C=O) groups is 1. The Morgan fingerprint density at radius 1 is 1.18 bits per heavy atom. The number of hydrogen-bond acceptors (Lipinski definition) is 9. The minimum absolute atomic E-state index is 0.0133. The molecule has 2 N–H and O–H groups in total. The van der Waals surface area contributed by atoms with E-state index < -0.39 is 0 Å². The molecule has 0 atom stereocenters. The minimum atomic E-state index is -0.380. The van der Waals surface area contributed by atoms with Crippen molar-refractivity contribution in [3.05, 3.63) is 68.8 Å². The molecule has 0 saturated carbocycles. The first-order valence-electron chi connectivity index (χ1n) is 12.0. The molecule has 9 nitrogen and oxygen atoms in total. The summed E-state index contributed by atoms with van der Waals surface area (Å²) in [6.45, 7) is 0. The zero-order valence-corrected chi connectivity index (χ0v) is 22.5. The molecule has 1 aliphatic rings. The smallest absolute Gasteiger partial charge is 0.267 e. The normalized spacial score (nSPS) is 13.0. The van der Waals surface area contributed by atoms with E-state index in [9.17, 15) is 14.7 Å².